The number of nitrogen functional groups attached to an aromatic ring is 1. The van der Waals surface area contributed by atoms with Gasteiger partial charge in [-0.2, -0.15) is 0 Å². The van der Waals surface area contributed by atoms with Gasteiger partial charge in [0.25, 0.3) is 0 Å². The normalized spacial score (nSPS) is 10.3. The number of carboxylic acids is 1. The van der Waals surface area contributed by atoms with E-state index in [0.29, 0.717) is 16.7 Å². The number of anilines is 1. The summed E-state index contributed by atoms with van der Waals surface area (Å²) >= 11 is 0. The molecule has 0 saturated heterocycles. The number of pyridine rings is 1. The lowest BCUT2D eigenvalue weighted by Gasteiger charge is -2.09. The lowest BCUT2D eigenvalue weighted by Crippen LogP contribution is -2.04. The number of nitrogens with zero attached hydrogens (tertiary/aromatic N) is 1. The van der Waals surface area contributed by atoms with Crippen molar-refractivity contribution in [3.63, 3.8) is 0 Å². The predicted octanol–water partition coefficient (Wildman–Crippen LogP) is 2.10. The van der Waals surface area contributed by atoms with E-state index in [2.05, 4.69) is 4.98 Å². The van der Waals surface area contributed by atoms with Gasteiger partial charge in [0, 0.05) is 17.3 Å². The van der Waals surface area contributed by atoms with Crippen molar-refractivity contribution in [2.45, 2.75) is 6.42 Å². The summed E-state index contributed by atoms with van der Waals surface area (Å²) in [6, 6.07) is 7.60. The molecule has 4 nitrogen and oxygen atoms in total. The number of aliphatic carboxylic acids is 1. The van der Waals surface area contributed by atoms with E-state index < -0.39 is 11.8 Å². The topological polar surface area (TPSA) is 76.2 Å². The summed E-state index contributed by atoms with van der Waals surface area (Å²) in [4.78, 5) is 14.7. The van der Waals surface area contributed by atoms with E-state index in [0.717, 1.165) is 0 Å². The van der Waals surface area contributed by atoms with Gasteiger partial charge in [-0.3, -0.25) is 4.79 Å². The number of carboxylic acid groups (broad SMARTS) is 1. The van der Waals surface area contributed by atoms with Crippen LogP contribution in [0.1, 0.15) is 5.56 Å². The molecule has 0 amide bonds. The average Bonchev–Trinajstić information content (AvgIpc) is 2.30. The van der Waals surface area contributed by atoms with Crippen molar-refractivity contribution in [2.24, 2.45) is 0 Å². The van der Waals surface area contributed by atoms with Gasteiger partial charge in [0.1, 0.15) is 11.6 Å². The van der Waals surface area contributed by atoms with Crippen molar-refractivity contribution in [1.82, 2.24) is 4.98 Å². The fourth-order valence-corrected chi connectivity index (χ4v) is 1.75. The van der Waals surface area contributed by atoms with Crippen LogP contribution in [0, 0.1) is 5.82 Å². The van der Waals surface area contributed by atoms with Crippen molar-refractivity contribution >= 4 is 11.8 Å². The first-order valence-electron chi connectivity index (χ1n) is 5.29. The second-order valence-electron chi connectivity index (χ2n) is 3.82. The van der Waals surface area contributed by atoms with E-state index in [4.69, 9.17) is 10.8 Å². The standard InChI is InChI=1S/C13H11FN2O2/c14-11-4-2-1-3-9(11)10-7-16-12(15)5-8(10)6-13(17)18/h1-5,7H,6H2,(H2,15,16)(H,17,18). The summed E-state index contributed by atoms with van der Waals surface area (Å²) in [6.45, 7) is 0. The Hall–Kier alpha value is -2.43. The van der Waals surface area contributed by atoms with Crippen LogP contribution in [0.5, 0.6) is 0 Å². The third-order valence-electron chi connectivity index (χ3n) is 2.52. The van der Waals surface area contributed by atoms with Gasteiger partial charge in [-0.25, -0.2) is 9.37 Å². The van der Waals surface area contributed by atoms with Crippen molar-refractivity contribution in [3.8, 4) is 11.1 Å². The predicted molar refractivity (Wildman–Crippen MR) is 65.4 cm³/mol. The minimum atomic E-state index is -1.00. The van der Waals surface area contributed by atoms with Crippen molar-refractivity contribution < 1.29 is 14.3 Å². The number of halogens is 1. The van der Waals surface area contributed by atoms with Gasteiger partial charge in [0.2, 0.25) is 0 Å². The molecule has 0 spiro atoms. The Morgan fingerprint density at radius 3 is 2.72 bits per heavy atom. The number of benzene rings is 1. The molecular weight excluding hydrogens is 235 g/mol. The van der Waals surface area contributed by atoms with Gasteiger partial charge >= 0.3 is 5.97 Å². The summed E-state index contributed by atoms with van der Waals surface area (Å²) in [7, 11) is 0. The molecule has 0 aliphatic carbocycles. The van der Waals surface area contributed by atoms with Crippen LogP contribution in [0.2, 0.25) is 0 Å². The molecule has 0 fully saturated rings. The van der Waals surface area contributed by atoms with Crippen LogP contribution >= 0.6 is 0 Å². The highest BCUT2D eigenvalue weighted by molar-refractivity contribution is 5.77. The minimum Gasteiger partial charge on any atom is -0.481 e. The molecule has 0 aliphatic rings. The van der Waals surface area contributed by atoms with Gasteiger partial charge in [-0.1, -0.05) is 18.2 Å². The number of nitrogens with two attached hydrogens (primary N) is 1. The molecule has 0 radical (unpaired) electrons. The molecule has 0 saturated carbocycles. The van der Waals surface area contributed by atoms with Crippen LogP contribution in [0.15, 0.2) is 36.5 Å². The summed E-state index contributed by atoms with van der Waals surface area (Å²) in [5.74, 6) is -1.21. The number of aromatic nitrogens is 1. The van der Waals surface area contributed by atoms with Gasteiger partial charge in [0.15, 0.2) is 0 Å². The first kappa shape index (κ1) is 12.0. The number of rotatable bonds is 3. The van der Waals surface area contributed by atoms with E-state index in [1.165, 1.54) is 18.3 Å². The van der Waals surface area contributed by atoms with Crippen LogP contribution in [-0.2, 0) is 11.2 Å². The third-order valence-corrected chi connectivity index (χ3v) is 2.52. The Bertz CT molecular complexity index is 599. The van der Waals surface area contributed by atoms with Crippen LogP contribution in [0.4, 0.5) is 10.2 Å². The van der Waals surface area contributed by atoms with Crippen LogP contribution < -0.4 is 5.73 Å². The maximum Gasteiger partial charge on any atom is 0.307 e. The number of carbonyl (C=O) groups is 1. The molecule has 0 atom stereocenters. The molecule has 18 heavy (non-hydrogen) atoms. The monoisotopic (exact) mass is 246 g/mol. The van der Waals surface area contributed by atoms with E-state index in [1.807, 2.05) is 0 Å². The molecule has 0 bridgehead atoms. The lowest BCUT2D eigenvalue weighted by molar-refractivity contribution is -0.136. The van der Waals surface area contributed by atoms with E-state index in [1.54, 1.807) is 18.2 Å². The smallest absolute Gasteiger partial charge is 0.307 e. The molecular formula is C13H11FN2O2. The second kappa shape index (κ2) is 4.83. The highest BCUT2D eigenvalue weighted by Gasteiger charge is 2.12. The molecule has 5 heteroatoms. The van der Waals surface area contributed by atoms with Gasteiger partial charge in [-0.05, 0) is 17.7 Å². The zero-order chi connectivity index (χ0) is 13.1. The second-order valence-corrected chi connectivity index (χ2v) is 3.82. The van der Waals surface area contributed by atoms with Gasteiger partial charge < -0.3 is 10.8 Å². The molecule has 92 valence electrons. The summed E-state index contributed by atoms with van der Waals surface area (Å²) in [5, 5.41) is 8.84. The Morgan fingerprint density at radius 2 is 2.06 bits per heavy atom. The maximum absolute atomic E-state index is 13.7. The Balaban J connectivity index is 2.57. The molecule has 1 heterocycles. The first-order valence-corrected chi connectivity index (χ1v) is 5.29. The molecule has 2 rings (SSSR count). The molecule has 1 aromatic heterocycles. The molecule has 1 aromatic carbocycles. The van der Waals surface area contributed by atoms with Crippen LogP contribution in [0.3, 0.4) is 0 Å². The van der Waals surface area contributed by atoms with Crippen molar-refractivity contribution in [1.29, 1.82) is 0 Å². The Morgan fingerprint density at radius 1 is 1.33 bits per heavy atom. The summed E-state index contributed by atoms with van der Waals surface area (Å²) < 4.78 is 13.7. The highest BCUT2D eigenvalue weighted by atomic mass is 19.1. The molecule has 2 aromatic rings. The van der Waals surface area contributed by atoms with Gasteiger partial charge in [0.05, 0.1) is 6.42 Å². The average molecular weight is 246 g/mol. The number of hydrogen-bond acceptors (Lipinski definition) is 3. The molecule has 0 unspecified atom stereocenters. The SMILES string of the molecule is Nc1cc(CC(=O)O)c(-c2ccccc2F)cn1. The van der Waals surface area contributed by atoms with E-state index in [-0.39, 0.29) is 12.2 Å². The fraction of sp³-hybridized carbons (Fsp3) is 0.0769. The Kier molecular flexibility index (Phi) is 3.23. The zero-order valence-corrected chi connectivity index (χ0v) is 9.43. The maximum atomic E-state index is 13.7. The fourth-order valence-electron chi connectivity index (χ4n) is 1.75. The van der Waals surface area contributed by atoms with Gasteiger partial charge in [-0.15, -0.1) is 0 Å². The van der Waals surface area contributed by atoms with E-state index >= 15 is 0 Å². The summed E-state index contributed by atoms with van der Waals surface area (Å²) in [5.41, 5.74) is 6.74. The summed E-state index contributed by atoms with van der Waals surface area (Å²) in [6.07, 6.45) is 1.17. The van der Waals surface area contributed by atoms with E-state index in [9.17, 15) is 9.18 Å². The zero-order valence-electron chi connectivity index (χ0n) is 9.43. The number of hydrogen-bond donors (Lipinski definition) is 2. The minimum absolute atomic E-state index is 0.214. The quantitative estimate of drug-likeness (QED) is 0.869. The third kappa shape index (κ3) is 2.45. The first-order chi connectivity index (χ1) is 8.58. The Labute approximate surface area is 103 Å². The van der Waals surface area contributed by atoms with Crippen molar-refractivity contribution in [3.05, 3.63) is 47.9 Å². The molecule has 0 aliphatic heterocycles. The highest BCUT2D eigenvalue weighted by Crippen LogP contribution is 2.27. The van der Waals surface area contributed by atoms with Crippen LogP contribution in [-0.4, -0.2) is 16.1 Å². The largest absolute Gasteiger partial charge is 0.481 e. The lowest BCUT2D eigenvalue weighted by atomic mass is 9.99. The van der Waals surface area contributed by atoms with Crippen molar-refractivity contribution in [2.75, 3.05) is 5.73 Å². The van der Waals surface area contributed by atoms with Crippen LogP contribution in [0.25, 0.3) is 11.1 Å². The molecule has 3 N–H and O–H groups in total.